The second-order valence-electron chi connectivity index (χ2n) is 5.86. The lowest BCUT2D eigenvalue weighted by molar-refractivity contribution is 0.341. The summed E-state index contributed by atoms with van der Waals surface area (Å²) in [7, 11) is 0. The van der Waals surface area contributed by atoms with E-state index in [-0.39, 0.29) is 0 Å². The van der Waals surface area contributed by atoms with Crippen LogP contribution in [-0.4, -0.2) is 12.1 Å². The summed E-state index contributed by atoms with van der Waals surface area (Å²) in [4.78, 5) is 0. The van der Waals surface area contributed by atoms with Crippen LogP contribution in [0.5, 0.6) is 0 Å². The highest BCUT2D eigenvalue weighted by Gasteiger charge is 2.17. The Balaban J connectivity index is 1.92. The van der Waals surface area contributed by atoms with Gasteiger partial charge in [0.05, 0.1) is 0 Å². The van der Waals surface area contributed by atoms with Gasteiger partial charge in [-0.2, -0.15) is 0 Å². The maximum absolute atomic E-state index is 5.94. The van der Waals surface area contributed by atoms with Gasteiger partial charge in [0.2, 0.25) is 0 Å². The van der Waals surface area contributed by atoms with E-state index in [1.165, 1.54) is 47.9 Å². The van der Waals surface area contributed by atoms with E-state index < -0.39 is 0 Å². The van der Waals surface area contributed by atoms with Gasteiger partial charge in [0.1, 0.15) is 0 Å². The Morgan fingerprint density at radius 1 is 1.00 bits per heavy atom. The molecule has 1 saturated carbocycles. The predicted octanol–water partition coefficient (Wildman–Crippen LogP) is 2.97. The van der Waals surface area contributed by atoms with Gasteiger partial charge in [0.25, 0.3) is 0 Å². The molecule has 0 spiro atoms. The molecule has 3 N–H and O–H groups in total. The number of hydrogen-bond donors (Lipinski definition) is 2. The van der Waals surface area contributed by atoms with Crippen molar-refractivity contribution in [2.24, 2.45) is 5.73 Å². The molecule has 1 aromatic rings. The second kappa shape index (κ2) is 5.85. The fraction of sp³-hybridized carbons (Fsp3) is 0.625. The Morgan fingerprint density at radius 3 is 2.28 bits per heavy atom. The van der Waals surface area contributed by atoms with Gasteiger partial charge in [0.15, 0.2) is 0 Å². The van der Waals surface area contributed by atoms with E-state index in [2.05, 4.69) is 38.2 Å². The summed E-state index contributed by atoms with van der Waals surface area (Å²) in [6.07, 6.45) is 4.79. The normalized spacial score (nSPS) is 24.2. The van der Waals surface area contributed by atoms with Crippen molar-refractivity contribution in [1.82, 2.24) is 5.32 Å². The molecule has 1 aromatic carbocycles. The zero-order valence-electron chi connectivity index (χ0n) is 11.9. The van der Waals surface area contributed by atoms with Gasteiger partial charge in [-0.15, -0.1) is 0 Å². The van der Waals surface area contributed by atoms with Crippen molar-refractivity contribution in [3.05, 3.63) is 34.4 Å². The Hall–Kier alpha value is -0.860. The van der Waals surface area contributed by atoms with Gasteiger partial charge in [-0.05, 0) is 68.7 Å². The van der Waals surface area contributed by atoms with Crippen molar-refractivity contribution >= 4 is 0 Å². The minimum absolute atomic E-state index is 0.436. The number of rotatable bonds is 3. The first kappa shape index (κ1) is 13.6. The highest BCUT2D eigenvalue weighted by molar-refractivity contribution is 5.36. The van der Waals surface area contributed by atoms with Crippen molar-refractivity contribution in [2.75, 3.05) is 0 Å². The van der Waals surface area contributed by atoms with E-state index >= 15 is 0 Å². The molecule has 0 radical (unpaired) electrons. The van der Waals surface area contributed by atoms with Crippen LogP contribution >= 0.6 is 0 Å². The predicted molar refractivity (Wildman–Crippen MR) is 77.7 cm³/mol. The maximum atomic E-state index is 5.94. The smallest absolute Gasteiger partial charge is 0.0210 e. The molecule has 0 aliphatic heterocycles. The summed E-state index contributed by atoms with van der Waals surface area (Å²) in [6, 6.07) is 5.72. The average Bonchev–Trinajstić information content (AvgIpc) is 2.34. The highest BCUT2D eigenvalue weighted by atomic mass is 14.9. The molecule has 2 heteroatoms. The van der Waals surface area contributed by atoms with Crippen LogP contribution in [0.4, 0.5) is 0 Å². The van der Waals surface area contributed by atoms with Gasteiger partial charge in [0, 0.05) is 18.6 Å². The Labute approximate surface area is 111 Å². The number of benzene rings is 1. The lowest BCUT2D eigenvalue weighted by atomic mass is 9.91. The molecule has 0 heterocycles. The topological polar surface area (TPSA) is 38.0 Å². The van der Waals surface area contributed by atoms with Crippen LogP contribution in [0.2, 0.25) is 0 Å². The lowest BCUT2D eigenvalue weighted by Crippen LogP contribution is -2.37. The third kappa shape index (κ3) is 3.33. The molecule has 18 heavy (non-hydrogen) atoms. The number of hydrogen-bond acceptors (Lipinski definition) is 2. The fourth-order valence-electron chi connectivity index (χ4n) is 2.79. The molecule has 1 aliphatic carbocycles. The molecule has 2 nitrogen and oxygen atoms in total. The van der Waals surface area contributed by atoms with Crippen molar-refractivity contribution in [3.63, 3.8) is 0 Å². The molecule has 1 fully saturated rings. The Kier molecular flexibility index (Phi) is 4.41. The zero-order chi connectivity index (χ0) is 13.1. The van der Waals surface area contributed by atoms with Gasteiger partial charge < -0.3 is 11.1 Å². The van der Waals surface area contributed by atoms with Crippen LogP contribution in [0.15, 0.2) is 12.1 Å². The summed E-state index contributed by atoms with van der Waals surface area (Å²) >= 11 is 0. The zero-order valence-corrected chi connectivity index (χ0v) is 11.9. The van der Waals surface area contributed by atoms with Gasteiger partial charge >= 0.3 is 0 Å². The third-order valence-electron chi connectivity index (χ3n) is 4.31. The summed E-state index contributed by atoms with van der Waals surface area (Å²) < 4.78 is 0. The average molecular weight is 246 g/mol. The van der Waals surface area contributed by atoms with Crippen LogP contribution in [0, 0.1) is 20.8 Å². The van der Waals surface area contributed by atoms with Crippen molar-refractivity contribution in [1.29, 1.82) is 0 Å². The van der Waals surface area contributed by atoms with E-state index in [1.807, 2.05) is 0 Å². The van der Waals surface area contributed by atoms with Gasteiger partial charge in [-0.1, -0.05) is 12.1 Å². The first-order valence-electron chi connectivity index (χ1n) is 7.12. The van der Waals surface area contributed by atoms with Crippen LogP contribution in [0.3, 0.4) is 0 Å². The summed E-state index contributed by atoms with van der Waals surface area (Å²) in [5.74, 6) is 0. The molecule has 0 unspecified atom stereocenters. The lowest BCUT2D eigenvalue weighted by Gasteiger charge is -2.27. The molecule has 100 valence electrons. The van der Waals surface area contributed by atoms with Crippen LogP contribution in [0.25, 0.3) is 0 Å². The maximum Gasteiger partial charge on any atom is 0.0210 e. The van der Waals surface area contributed by atoms with Gasteiger partial charge in [-0.25, -0.2) is 0 Å². The van der Waals surface area contributed by atoms with Crippen LogP contribution < -0.4 is 11.1 Å². The monoisotopic (exact) mass is 246 g/mol. The SMILES string of the molecule is Cc1cc(C)c(CNC2CCC(N)CC2)cc1C. The highest BCUT2D eigenvalue weighted by Crippen LogP contribution is 2.19. The van der Waals surface area contributed by atoms with E-state index in [1.54, 1.807) is 0 Å². The summed E-state index contributed by atoms with van der Waals surface area (Å²) in [5.41, 5.74) is 11.6. The van der Waals surface area contributed by atoms with Crippen molar-refractivity contribution in [2.45, 2.75) is 65.1 Å². The molecule has 0 atom stereocenters. The molecular weight excluding hydrogens is 220 g/mol. The fourth-order valence-corrected chi connectivity index (χ4v) is 2.79. The third-order valence-corrected chi connectivity index (χ3v) is 4.31. The van der Waals surface area contributed by atoms with Crippen molar-refractivity contribution in [3.8, 4) is 0 Å². The summed E-state index contributed by atoms with van der Waals surface area (Å²) in [5, 5.41) is 3.69. The standard InChI is InChI=1S/C16H26N2/c1-11-8-13(3)14(9-12(11)2)10-18-16-6-4-15(17)5-7-16/h8-9,15-16,18H,4-7,10,17H2,1-3H3. The van der Waals surface area contributed by atoms with Gasteiger partial charge in [-0.3, -0.25) is 0 Å². The molecule has 0 amide bonds. The van der Waals surface area contributed by atoms with Crippen molar-refractivity contribution < 1.29 is 0 Å². The van der Waals surface area contributed by atoms with Crippen LogP contribution in [-0.2, 0) is 6.54 Å². The van der Waals surface area contributed by atoms with E-state index in [4.69, 9.17) is 5.73 Å². The first-order valence-corrected chi connectivity index (χ1v) is 7.12. The molecule has 2 rings (SSSR count). The quantitative estimate of drug-likeness (QED) is 0.860. The number of nitrogens with two attached hydrogens (primary N) is 1. The Bertz CT molecular complexity index is 404. The molecule has 1 aliphatic rings. The van der Waals surface area contributed by atoms with E-state index in [0.29, 0.717) is 12.1 Å². The molecular formula is C16H26N2. The molecule has 0 aromatic heterocycles. The summed E-state index contributed by atoms with van der Waals surface area (Å²) in [6.45, 7) is 7.58. The minimum Gasteiger partial charge on any atom is -0.328 e. The largest absolute Gasteiger partial charge is 0.328 e. The Morgan fingerprint density at radius 2 is 1.61 bits per heavy atom. The van der Waals surface area contributed by atoms with E-state index in [9.17, 15) is 0 Å². The molecule has 0 bridgehead atoms. The van der Waals surface area contributed by atoms with E-state index in [0.717, 1.165) is 6.54 Å². The van der Waals surface area contributed by atoms with Crippen LogP contribution in [0.1, 0.15) is 47.9 Å². The second-order valence-corrected chi connectivity index (χ2v) is 5.86. The number of aryl methyl sites for hydroxylation is 3. The molecule has 0 saturated heterocycles. The number of nitrogens with one attached hydrogen (secondary N) is 1. The first-order chi connectivity index (χ1) is 8.56. The minimum atomic E-state index is 0.436.